The molecule has 0 aliphatic rings. The van der Waals surface area contributed by atoms with Gasteiger partial charge in [-0.2, -0.15) is 0 Å². The van der Waals surface area contributed by atoms with Gasteiger partial charge in [0.25, 0.3) is 0 Å². The van der Waals surface area contributed by atoms with Gasteiger partial charge in [-0.25, -0.2) is 4.79 Å². The van der Waals surface area contributed by atoms with Crippen molar-refractivity contribution in [2.24, 2.45) is 5.16 Å². The maximum Gasteiger partial charge on any atom is 0.437 e. The highest BCUT2D eigenvalue weighted by atomic mass is 35.5. The Balaban J connectivity index is 1.79. The van der Waals surface area contributed by atoms with E-state index in [4.69, 9.17) is 55.8 Å². The van der Waals surface area contributed by atoms with Crippen LogP contribution < -0.4 is 5.32 Å². The molecule has 6 nitrogen and oxygen atoms in total. The van der Waals surface area contributed by atoms with Gasteiger partial charge < -0.3 is 4.52 Å². The van der Waals surface area contributed by atoms with Crippen molar-refractivity contribution in [2.75, 3.05) is 5.32 Å². The zero-order chi connectivity index (χ0) is 20.3. The maximum absolute atomic E-state index is 11.9. The minimum atomic E-state index is -0.877. The maximum atomic E-state index is 11.9. The Bertz CT molecular complexity index is 1030. The number of aromatic nitrogens is 1. The second-order valence-electron chi connectivity index (χ2n) is 5.43. The lowest BCUT2D eigenvalue weighted by atomic mass is 10.1. The number of amides is 1. The highest BCUT2D eigenvalue weighted by molar-refractivity contribution is 6.40. The highest BCUT2D eigenvalue weighted by Crippen LogP contribution is 2.36. The zero-order valence-electron chi connectivity index (χ0n) is 14.2. The Labute approximate surface area is 179 Å². The lowest BCUT2D eigenvalue weighted by Crippen LogP contribution is -2.11. The number of anilines is 1. The number of carbonyl (C=O) groups excluding carboxylic acids is 1. The van der Waals surface area contributed by atoms with Crippen LogP contribution in [0.25, 0.3) is 11.3 Å². The molecule has 1 aromatic heterocycles. The summed E-state index contributed by atoms with van der Waals surface area (Å²) in [5, 5.41) is 11.4. The number of oxime groups is 1. The third-order valence-electron chi connectivity index (χ3n) is 3.62. The molecule has 0 radical (unpaired) electrons. The fourth-order valence-electron chi connectivity index (χ4n) is 2.30. The molecule has 2 aromatic carbocycles. The summed E-state index contributed by atoms with van der Waals surface area (Å²) in [5.41, 5.74) is 1.53. The predicted octanol–water partition coefficient (Wildman–Crippen LogP) is 6.85. The molecule has 0 aliphatic heterocycles. The highest BCUT2D eigenvalue weighted by Gasteiger charge is 2.19. The van der Waals surface area contributed by atoms with Gasteiger partial charge in [0.05, 0.1) is 37.6 Å². The van der Waals surface area contributed by atoms with Crippen LogP contribution in [0.1, 0.15) is 11.3 Å². The van der Waals surface area contributed by atoms with Crippen LogP contribution in [-0.2, 0) is 4.84 Å². The van der Waals surface area contributed by atoms with E-state index in [1.807, 2.05) is 0 Å². The van der Waals surface area contributed by atoms with Gasteiger partial charge in [0, 0.05) is 5.56 Å². The monoisotopic (exact) mass is 457 g/mol. The molecule has 0 fully saturated rings. The van der Waals surface area contributed by atoms with Crippen molar-refractivity contribution in [2.45, 2.75) is 6.92 Å². The number of nitrogens with one attached hydrogen (secondary N) is 1. The molecule has 3 rings (SSSR count). The van der Waals surface area contributed by atoms with E-state index in [-0.39, 0.29) is 15.7 Å². The number of hydrogen-bond donors (Lipinski definition) is 1. The summed E-state index contributed by atoms with van der Waals surface area (Å²) in [6.45, 7) is 1.67. The van der Waals surface area contributed by atoms with Crippen LogP contribution in [0.2, 0.25) is 20.1 Å². The zero-order valence-corrected chi connectivity index (χ0v) is 17.2. The first kappa shape index (κ1) is 20.5. The van der Waals surface area contributed by atoms with Gasteiger partial charge >= 0.3 is 6.09 Å². The Kier molecular flexibility index (Phi) is 6.46. The average molecular weight is 459 g/mol. The topological polar surface area (TPSA) is 76.7 Å². The lowest BCUT2D eigenvalue weighted by molar-refractivity contribution is 0.167. The largest absolute Gasteiger partial charge is 0.437 e. The molecule has 144 valence electrons. The molecule has 28 heavy (non-hydrogen) atoms. The van der Waals surface area contributed by atoms with Gasteiger partial charge in [-0.05, 0) is 31.2 Å². The second-order valence-corrected chi connectivity index (χ2v) is 7.06. The molecular formula is C18H11Cl4N3O3. The normalized spacial score (nSPS) is 11.0. The van der Waals surface area contributed by atoms with Gasteiger partial charge in [0.1, 0.15) is 11.5 Å². The Morgan fingerprint density at radius 1 is 1.07 bits per heavy atom. The van der Waals surface area contributed by atoms with E-state index in [0.29, 0.717) is 32.6 Å². The number of para-hydroxylation sites is 1. The van der Waals surface area contributed by atoms with Crippen molar-refractivity contribution in [3.63, 3.8) is 0 Å². The number of rotatable bonds is 4. The fraction of sp³-hybridized carbons (Fsp3) is 0.0556. The summed E-state index contributed by atoms with van der Waals surface area (Å²) in [5.74, 6) is 0.438. The molecule has 1 N–H and O–H groups in total. The number of aryl methyl sites for hydroxylation is 1. The van der Waals surface area contributed by atoms with Gasteiger partial charge in [-0.15, -0.1) is 0 Å². The van der Waals surface area contributed by atoms with Crippen molar-refractivity contribution in [3.05, 3.63) is 67.8 Å². The number of nitrogens with zero attached hydrogens (tertiary/aromatic N) is 2. The van der Waals surface area contributed by atoms with E-state index in [0.717, 1.165) is 0 Å². The van der Waals surface area contributed by atoms with Crippen molar-refractivity contribution in [1.29, 1.82) is 0 Å². The lowest BCUT2D eigenvalue weighted by Gasteiger charge is -2.07. The summed E-state index contributed by atoms with van der Waals surface area (Å²) in [7, 11) is 0. The first-order valence-corrected chi connectivity index (χ1v) is 9.25. The van der Waals surface area contributed by atoms with Crippen LogP contribution in [0.4, 0.5) is 10.5 Å². The Hall–Kier alpha value is -2.25. The predicted molar refractivity (Wildman–Crippen MR) is 111 cm³/mol. The number of benzene rings is 2. The van der Waals surface area contributed by atoms with E-state index in [2.05, 4.69) is 15.6 Å². The first-order valence-electron chi connectivity index (χ1n) is 7.74. The number of halogens is 4. The van der Waals surface area contributed by atoms with Crippen molar-refractivity contribution in [1.82, 2.24) is 5.16 Å². The van der Waals surface area contributed by atoms with E-state index in [1.165, 1.54) is 6.21 Å². The van der Waals surface area contributed by atoms with Crippen LogP contribution in [0, 0.1) is 6.92 Å². The standard InChI is InChI=1S/C18H11Cl4N3O3/c1-9-10(16(25-27-9)15-11(19)4-2-5-12(15)20)8-23-28-18(26)24-17-13(21)6-3-7-14(17)22/h2-8H,1H3,(H,24,26). The SMILES string of the molecule is Cc1onc(-c2c(Cl)cccc2Cl)c1C=NOC(=O)Nc1c(Cl)cccc1Cl. The number of carbonyl (C=O) groups is 1. The molecule has 0 saturated carbocycles. The molecule has 3 aromatic rings. The summed E-state index contributed by atoms with van der Waals surface area (Å²) < 4.78 is 5.20. The van der Waals surface area contributed by atoms with Crippen LogP contribution >= 0.6 is 46.4 Å². The van der Waals surface area contributed by atoms with E-state index in [9.17, 15) is 4.79 Å². The minimum absolute atomic E-state index is 0.218. The molecule has 1 heterocycles. The second kappa shape index (κ2) is 8.84. The summed E-state index contributed by atoms with van der Waals surface area (Å²) >= 11 is 24.4. The van der Waals surface area contributed by atoms with Gasteiger partial charge in [-0.1, -0.05) is 68.8 Å². The fourth-order valence-corrected chi connectivity index (χ4v) is 3.37. The molecule has 0 unspecified atom stereocenters. The van der Waals surface area contributed by atoms with E-state index < -0.39 is 6.09 Å². The number of hydrogen-bond acceptors (Lipinski definition) is 5. The smallest absolute Gasteiger partial charge is 0.360 e. The van der Waals surface area contributed by atoms with Crippen LogP contribution in [0.15, 0.2) is 46.1 Å². The van der Waals surface area contributed by atoms with E-state index >= 15 is 0 Å². The van der Waals surface area contributed by atoms with Crippen LogP contribution in [0.5, 0.6) is 0 Å². The van der Waals surface area contributed by atoms with E-state index in [1.54, 1.807) is 43.3 Å². The third-order valence-corrected chi connectivity index (χ3v) is 4.87. The average Bonchev–Trinajstić information content (AvgIpc) is 2.99. The van der Waals surface area contributed by atoms with Crippen LogP contribution in [0.3, 0.4) is 0 Å². The molecular weight excluding hydrogens is 448 g/mol. The van der Waals surface area contributed by atoms with Crippen molar-refractivity contribution in [3.8, 4) is 11.3 Å². The molecule has 0 saturated heterocycles. The molecule has 0 bridgehead atoms. The Morgan fingerprint density at radius 2 is 1.64 bits per heavy atom. The Morgan fingerprint density at radius 3 is 2.25 bits per heavy atom. The van der Waals surface area contributed by atoms with Gasteiger partial charge in [0.15, 0.2) is 0 Å². The van der Waals surface area contributed by atoms with Crippen LogP contribution in [-0.4, -0.2) is 17.5 Å². The van der Waals surface area contributed by atoms with Gasteiger partial charge in [-0.3, -0.25) is 10.2 Å². The van der Waals surface area contributed by atoms with Crippen molar-refractivity contribution < 1.29 is 14.2 Å². The molecule has 10 heteroatoms. The summed E-state index contributed by atoms with van der Waals surface area (Å²) in [6, 6.07) is 9.85. The third kappa shape index (κ3) is 4.42. The molecule has 0 atom stereocenters. The quantitative estimate of drug-likeness (QED) is 0.263. The summed E-state index contributed by atoms with van der Waals surface area (Å²) in [6.07, 6.45) is 0.395. The van der Waals surface area contributed by atoms with Crippen molar-refractivity contribution >= 4 is 64.4 Å². The molecule has 0 aliphatic carbocycles. The molecule has 1 amide bonds. The summed E-state index contributed by atoms with van der Waals surface area (Å²) in [4.78, 5) is 16.8. The molecule has 0 spiro atoms. The van der Waals surface area contributed by atoms with Gasteiger partial charge in [0.2, 0.25) is 0 Å². The minimum Gasteiger partial charge on any atom is -0.360 e. The first-order chi connectivity index (χ1) is 13.4.